The Hall–Kier alpha value is -4.25. The lowest BCUT2D eigenvalue weighted by Crippen LogP contribution is -2.29. The number of hydrogen-bond donors (Lipinski definition) is 1. The van der Waals surface area contributed by atoms with Gasteiger partial charge in [0, 0.05) is 24.0 Å². The Morgan fingerprint density at radius 2 is 1.95 bits per heavy atom. The normalized spacial score (nSPS) is 14.6. The van der Waals surface area contributed by atoms with Crippen molar-refractivity contribution in [3.05, 3.63) is 74.8 Å². The fraction of sp³-hybridized carbons (Fsp3) is 0.414. The van der Waals surface area contributed by atoms with E-state index in [1.165, 1.54) is 31.9 Å². The van der Waals surface area contributed by atoms with Gasteiger partial charge in [0.2, 0.25) is 0 Å². The molecule has 0 atom stereocenters. The van der Waals surface area contributed by atoms with E-state index < -0.39 is 0 Å². The standard InChI is InChI=1S/C29H38N8O3/c1-7-14-35-29(39)24(28(30-4)37(35)26-10-11-27(38)36(33-26)20(2)3)18-31-19-32-22-8-9-23(25(17-22)40-6)21-12-15-34(5)16-13-21/h7-11,17-18,20-21,32H,1,4,12-16,19H2,2-3,5-6H3/b31-18-. The number of aromatic nitrogens is 4. The number of allylic oxidation sites excluding steroid dienone is 1. The van der Waals surface area contributed by atoms with Gasteiger partial charge in [-0.2, -0.15) is 0 Å². The molecule has 3 heterocycles. The largest absolute Gasteiger partial charge is 0.496 e. The highest BCUT2D eigenvalue weighted by Gasteiger charge is 2.22. The van der Waals surface area contributed by atoms with Crippen LogP contribution in [0.1, 0.15) is 49.8 Å². The quantitative estimate of drug-likeness (QED) is 0.291. The molecule has 0 spiro atoms. The molecule has 40 heavy (non-hydrogen) atoms. The summed E-state index contributed by atoms with van der Waals surface area (Å²) >= 11 is 0. The molecule has 3 aromatic rings. The molecule has 212 valence electrons. The molecule has 0 radical (unpaired) electrons. The summed E-state index contributed by atoms with van der Waals surface area (Å²) in [6.45, 7) is 13.8. The van der Waals surface area contributed by atoms with Crippen molar-refractivity contribution in [1.29, 1.82) is 0 Å². The Balaban J connectivity index is 1.57. The van der Waals surface area contributed by atoms with E-state index in [4.69, 9.17) is 4.74 Å². The first-order chi connectivity index (χ1) is 19.3. The summed E-state index contributed by atoms with van der Waals surface area (Å²) in [4.78, 5) is 36.5. The number of methoxy groups -OCH3 is 1. The van der Waals surface area contributed by atoms with Crippen molar-refractivity contribution in [2.75, 3.05) is 39.2 Å². The number of aliphatic imine (C=N–C) groups is 2. The number of hydrogen-bond acceptors (Lipinski definition) is 8. The van der Waals surface area contributed by atoms with Crippen LogP contribution in [0.25, 0.3) is 5.82 Å². The maximum atomic E-state index is 13.4. The Labute approximate surface area is 234 Å². The van der Waals surface area contributed by atoms with Gasteiger partial charge < -0.3 is 15.0 Å². The monoisotopic (exact) mass is 546 g/mol. The molecule has 1 fully saturated rings. The van der Waals surface area contributed by atoms with E-state index in [0.29, 0.717) is 11.7 Å². The molecule has 0 bridgehead atoms. The predicted molar refractivity (Wildman–Crippen MR) is 160 cm³/mol. The number of benzene rings is 1. The zero-order valence-corrected chi connectivity index (χ0v) is 23.7. The summed E-state index contributed by atoms with van der Waals surface area (Å²) in [6.07, 6.45) is 5.31. The van der Waals surface area contributed by atoms with E-state index >= 15 is 0 Å². The van der Waals surface area contributed by atoms with E-state index in [-0.39, 0.29) is 41.8 Å². The van der Waals surface area contributed by atoms with Crippen LogP contribution in [0, 0.1) is 0 Å². The van der Waals surface area contributed by atoms with Crippen LogP contribution in [0.2, 0.25) is 0 Å². The molecule has 0 unspecified atom stereocenters. The highest BCUT2D eigenvalue weighted by atomic mass is 16.5. The molecule has 2 aromatic heterocycles. The highest BCUT2D eigenvalue weighted by molar-refractivity contribution is 5.86. The lowest BCUT2D eigenvalue weighted by atomic mass is 9.89. The topological polar surface area (TPSA) is 111 Å². The van der Waals surface area contributed by atoms with Crippen molar-refractivity contribution < 1.29 is 4.74 Å². The summed E-state index contributed by atoms with van der Waals surface area (Å²) in [7, 11) is 3.85. The van der Waals surface area contributed by atoms with E-state index in [2.05, 4.69) is 51.7 Å². The predicted octanol–water partition coefficient (Wildman–Crippen LogP) is 3.60. The first-order valence-corrected chi connectivity index (χ1v) is 13.4. The molecule has 4 rings (SSSR count). The molecule has 1 aliphatic heterocycles. The average molecular weight is 547 g/mol. The third-order valence-corrected chi connectivity index (χ3v) is 7.10. The number of ether oxygens (including phenoxy) is 1. The summed E-state index contributed by atoms with van der Waals surface area (Å²) in [5.74, 6) is 1.99. The molecule has 0 aliphatic carbocycles. The summed E-state index contributed by atoms with van der Waals surface area (Å²) in [6, 6.07) is 8.96. The zero-order valence-electron chi connectivity index (χ0n) is 23.7. The number of rotatable bonds is 11. The summed E-state index contributed by atoms with van der Waals surface area (Å²) < 4.78 is 10.0. The number of nitrogens with zero attached hydrogens (tertiary/aromatic N) is 7. The van der Waals surface area contributed by atoms with E-state index in [1.807, 2.05) is 26.0 Å². The van der Waals surface area contributed by atoms with Crippen LogP contribution < -0.4 is 21.2 Å². The molecule has 1 saturated heterocycles. The van der Waals surface area contributed by atoms with E-state index in [1.54, 1.807) is 19.3 Å². The van der Waals surface area contributed by atoms with Gasteiger partial charge in [-0.05, 0) is 77.2 Å². The van der Waals surface area contributed by atoms with Gasteiger partial charge in [0.05, 0.1) is 19.7 Å². The molecular formula is C29H38N8O3. The van der Waals surface area contributed by atoms with Crippen molar-refractivity contribution >= 4 is 24.4 Å². The third kappa shape index (κ3) is 5.99. The van der Waals surface area contributed by atoms with Gasteiger partial charge in [-0.1, -0.05) is 12.1 Å². The Bertz CT molecular complexity index is 1510. The van der Waals surface area contributed by atoms with Gasteiger partial charge in [0.15, 0.2) is 11.6 Å². The summed E-state index contributed by atoms with van der Waals surface area (Å²) in [5, 5.41) is 7.73. The number of anilines is 1. The van der Waals surface area contributed by atoms with Crippen LogP contribution in [0.5, 0.6) is 5.75 Å². The summed E-state index contributed by atoms with van der Waals surface area (Å²) in [5.41, 5.74) is 1.81. The van der Waals surface area contributed by atoms with Gasteiger partial charge in [0.25, 0.3) is 11.1 Å². The smallest absolute Gasteiger partial charge is 0.278 e. The third-order valence-electron chi connectivity index (χ3n) is 7.10. The average Bonchev–Trinajstić information content (AvgIpc) is 3.22. The minimum absolute atomic E-state index is 0.160. The number of piperidine rings is 1. The molecule has 11 nitrogen and oxygen atoms in total. The van der Waals surface area contributed by atoms with Crippen molar-refractivity contribution in [3.8, 4) is 11.6 Å². The Morgan fingerprint density at radius 3 is 2.60 bits per heavy atom. The van der Waals surface area contributed by atoms with Crippen LogP contribution in [-0.4, -0.2) is 70.9 Å². The van der Waals surface area contributed by atoms with Crippen molar-refractivity contribution in [2.45, 2.75) is 45.2 Å². The minimum atomic E-state index is -0.320. The van der Waals surface area contributed by atoms with Crippen LogP contribution in [0.3, 0.4) is 0 Å². The molecule has 1 N–H and O–H groups in total. The molecule has 0 saturated carbocycles. The SMILES string of the molecule is C=CCn1c(=O)c(/C=N\CNc2ccc(C3CCN(C)CC3)c(OC)c2)c(N=C)n1-c1ccc(=O)n(C(C)C)n1. The van der Waals surface area contributed by atoms with Crippen molar-refractivity contribution in [1.82, 2.24) is 24.0 Å². The second kappa shape index (κ2) is 12.7. The maximum absolute atomic E-state index is 13.4. The van der Waals surface area contributed by atoms with E-state index in [0.717, 1.165) is 37.4 Å². The number of likely N-dealkylation sites (tertiary alicyclic amines) is 1. The van der Waals surface area contributed by atoms with Crippen LogP contribution in [0.4, 0.5) is 11.5 Å². The lowest BCUT2D eigenvalue weighted by Gasteiger charge is -2.30. The van der Waals surface area contributed by atoms with Gasteiger partial charge in [-0.3, -0.25) is 14.6 Å². The maximum Gasteiger partial charge on any atom is 0.278 e. The number of nitrogens with one attached hydrogen (secondary N) is 1. The van der Waals surface area contributed by atoms with Gasteiger partial charge in [0.1, 0.15) is 18.0 Å². The molecular weight excluding hydrogens is 508 g/mol. The fourth-order valence-corrected chi connectivity index (χ4v) is 4.99. The second-order valence-corrected chi connectivity index (χ2v) is 10.1. The highest BCUT2D eigenvalue weighted by Crippen LogP contribution is 2.35. The van der Waals surface area contributed by atoms with Crippen LogP contribution >= 0.6 is 0 Å². The Morgan fingerprint density at radius 1 is 1.20 bits per heavy atom. The first kappa shape index (κ1) is 28.8. The van der Waals surface area contributed by atoms with Gasteiger partial charge >= 0.3 is 0 Å². The zero-order chi connectivity index (χ0) is 28.8. The Kier molecular flexibility index (Phi) is 9.15. The van der Waals surface area contributed by atoms with Crippen molar-refractivity contribution in [3.63, 3.8) is 0 Å². The van der Waals surface area contributed by atoms with Gasteiger partial charge in [-0.15, -0.1) is 11.7 Å². The van der Waals surface area contributed by atoms with Crippen molar-refractivity contribution in [2.24, 2.45) is 9.98 Å². The van der Waals surface area contributed by atoms with Gasteiger partial charge in [-0.25, -0.2) is 19.0 Å². The van der Waals surface area contributed by atoms with Crippen LogP contribution in [0.15, 0.2) is 62.6 Å². The van der Waals surface area contributed by atoms with Crippen LogP contribution in [-0.2, 0) is 6.54 Å². The van der Waals surface area contributed by atoms with E-state index in [9.17, 15) is 9.59 Å². The minimum Gasteiger partial charge on any atom is -0.496 e. The molecule has 1 aromatic carbocycles. The molecule has 0 amide bonds. The molecule has 1 aliphatic rings. The first-order valence-electron chi connectivity index (χ1n) is 13.4. The molecule has 11 heteroatoms. The fourth-order valence-electron chi connectivity index (χ4n) is 4.99. The lowest BCUT2D eigenvalue weighted by molar-refractivity contribution is 0.252. The second-order valence-electron chi connectivity index (χ2n) is 10.1.